The molecule has 22 heavy (non-hydrogen) atoms. The molecule has 110 valence electrons. The maximum absolute atomic E-state index is 4.54. The van der Waals surface area contributed by atoms with E-state index < -0.39 is 0 Å². The number of benzene rings is 1. The molecular weight excluding hydrogens is 314 g/mol. The van der Waals surface area contributed by atoms with Crippen molar-refractivity contribution in [2.45, 2.75) is 13.8 Å². The van der Waals surface area contributed by atoms with E-state index in [1.54, 1.807) is 28.9 Å². The number of anilines is 1. The van der Waals surface area contributed by atoms with Gasteiger partial charge in [0.2, 0.25) is 5.13 Å². The lowest BCUT2D eigenvalue weighted by molar-refractivity contribution is 1.11. The first kappa shape index (κ1) is 13.4. The highest BCUT2D eigenvalue weighted by atomic mass is 32.1. The predicted molar refractivity (Wildman–Crippen MR) is 93.4 cm³/mol. The summed E-state index contributed by atoms with van der Waals surface area (Å²) in [5.74, 6) is 0. The summed E-state index contributed by atoms with van der Waals surface area (Å²) in [6.45, 7) is 4.07. The Morgan fingerprint density at radius 1 is 1.23 bits per heavy atom. The minimum atomic E-state index is 0.790. The molecule has 0 aliphatic rings. The summed E-state index contributed by atoms with van der Waals surface area (Å²) in [6, 6.07) is 8.06. The van der Waals surface area contributed by atoms with Crippen molar-refractivity contribution in [1.82, 2.24) is 14.4 Å². The van der Waals surface area contributed by atoms with Crippen LogP contribution >= 0.6 is 22.7 Å². The number of hydrogen-bond donors (Lipinski definition) is 1. The van der Waals surface area contributed by atoms with Gasteiger partial charge >= 0.3 is 0 Å². The molecule has 0 fully saturated rings. The normalized spacial score (nSPS) is 11.9. The van der Waals surface area contributed by atoms with E-state index in [2.05, 4.69) is 43.3 Å². The second-order valence-electron chi connectivity index (χ2n) is 4.93. The Labute approximate surface area is 135 Å². The lowest BCUT2D eigenvalue weighted by Gasteiger charge is -1.96. The Bertz CT molecular complexity index is 959. The molecule has 1 aromatic carbocycles. The monoisotopic (exact) mass is 327 g/mol. The molecule has 1 N–H and O–H groups in total. The van der Waals surface area contributed by atoms with Gasteiger partial charge in [-0.3, -0.25) is 9.83 Å². The number of nitrogens with one attached hydrogen (secondary N) is 1. The third-order valence-corrected chi connectivity index (χ3v) is 5.28. The van der Waals surface area contributed by atoms with Gasteiger partial charge in [0.15, 0.2) is 4.96 Å². The summed E-state index contributed by atoms with van der Waals surface area (Å²) < 4.78 is 3.26. The number of thiazole rings is 2. The van der Waals surface area contributed by atoms with E-state index in [0.717, 1.165) is 31.7 Å². The van der Waals surface area contributed by atoms with Crippen LogP contribution in [0.1, 0.15) is 17.1 Å². The van der Waals surface area contributed by atoms with Crippen molar-refractivity contribution in [3.05, 3.63) is 46.7 Å². The third-order valence-electron chi connectivity index (χ3n) is 3.39. The van der Waals surface area contributed by atoms with Crippen LogP contribution in [0.25, 0.3) is 15.2 Å². The Kier molecular flexibility index (Phi) is 3.16. The van der Waals surface area contributed by atoms with Crippen LogP contribution in [0.3, 0.4) is 0 Å². The van der Waals surface area contributed by atoms with Crippen LogP contribution in [0.15, 0.2) is 34.7 Å². The van der Waals surface area contributed by atoms with Crippen LogP contribution < -0.4 is 5.43 Å². The van der Waals surface area contributed by atoms with Crippen LogP contribution in [0.4, 0.5) is 5.13 Å². The van der Waals surface area contributed by atoms with Gasteiger partial charge in [0.1, 0.15) is 0 Å². The minimum Gasteiger partial charge on any atom is -0.286 e. The molecule has 0 aliphatic carbocycles. The Morgan fingerprint density at radius 3 is 2.95 bits per heavy atom. The Morgan fingerprint density at radius 2 is 2.09 bits per heavy atom. The van der Waals surface area contributed by atoms with Crippen molar-refractivity contribution in [2.75, 3.05) is 5.43 Å². The van der Waals surface area contributed by atoms with Crippen LogP contribution in [0.2, 0.25) is 0 Å². The lowest BCUT2D eigenvalue weighted by atomic mass is 10.3. The highest BCUT2D eigenvalue weighted by molar-refractivity contribution is 7.22. The Balaban J connectivity index is 1.63. The van der Waals surface area contributed by atoms with E-state index in [1.807, 2.05) is 25.1 Å². The molecule has 4 aromatic rings. The van der Waals surface area contributed by atoms with Gasteiger partial charge < -0.3 is 0 Å². The highest BCUT2D eigenvalue weighted by Crippen LogP contribution is 2.25. The van der Waals surface area contributed by atoms with Gasteiger partial charge in [0.05, 0.1) is 27.8 Å². The molecule has 4 rings (SSSR count). The van der Waals surface area contributed by atoms with Crippen LogP contribution in [0.5, 0.6) is 0 Å². The van der Waals surface area contributed by atoms with E-state index in [9.17, 15) is 0 Å². The highest BCUT2D eigenvalue weighted by Gasteiger charge is 2.10. The molecule has 0 bridgehead atoms. The largest absolute Gasteiger partial charge is 0.286 e. The number of fused-ring (bicyclic) bond motifs is 2. The second-order valence-corrected chi connectivity index (χ2v) is 6.80. The fourth-order valence-corrected chi connectivity index (χ4v) is 4.08. The van der Waals surface area contributed by atoms with Gasteiger partial charge in [-0.2, -0.15) is 5.10 Å². The maximum Gasteiger partial charge on any atom is 0.204 e. The van der Waals surface area contributed by atoms with Crippen molar-refractivity contribution in [1.29, 1.82) is 0 Å². The molecule has 0 spiro atoms. The molecule has 7 heteroatoms. The zero-order valence-corrected chi connectivity index (χ0v) is 13.7. The van der Waals surface area contributed by atoms with E-state index in [4.69, 9.17) is 0 Å². The fourth-order valence-electron chi connectivity index (χ4n) is 2.35. The van der Waals surface area contributed by atoms with Gasteiger partial charge in [-0.05, 0) is 26.0 Å². The SMILES string of the molecule is Cc1nc2scc(C)n2c1/C=N/Nc1nc2ccccc2s1. The molecule has 3 heterocycles. The molecule has 0 amide bonds. The number of aromatic nitrogens is 3. The molecule has 0 radical (unpaired) electrons. The number of para-hydroxylation sites is 1. The first-order valence-corrected chi connectivity index (χ1v) is 8.50. The molecule has 0 unspecified atom stereocenters. The predicted octanol–water partition coefficient (Wildman–Crippen LogP) is 4.07. The molecule has 0 saturated heterocycles. The molecule has 0 saturated carbocycles. The first-order chi connectivity index (χ1) is 10.7. The number of hydrazone groups is 1. The maximum atomic E-state index is 4.54. The van der Waals surface area contributed by atoms with E-state index in [0.29, 0.717) is 0 Å². The van der Waals surface area contributed by atoms with Crippen molar-refractivity contribution in [3.8, 4) is 0 Å². The summed E-state index contributed by atoms with van der Waals surface area (Å²) in [6.07, 6.45) is 1.81. The van der Waals surface area contributed by atoms with Crippen molar-refractivity contribution >= 4 is 49.2 Å². The number of aryl methyl sites for hydroxylation is 2. The molecule has 0 aliphatic heterocycles. The third kappa shape index (κ3) is 2.18. The minimum absolute atomic E-state index is 0.790. The number of imidazole rings is 1. The lowest BCUT2D eigenvalue weighted by Crippen LogP contribution is -1.96. The average molecular weight is 327 g/mol. The van der Waals surface area contributed by atoms with E-state index >= 15 is 0 Å². The molecule has 5 nitrogen and oxygen atoms in total. The summed E-state index contributed by atoms with van der Waals surface area (Å²) in [5.41, 5.74) is 7.15. The average Bonchev–Trinajstić information content (AvgIpc) is 3.15. The quantitative estimate of drug-likeness (QED) is 0.456. The topological polar surface area (TPSA) is 54.6 Å². The number of nitrogens with zero attached hydrogens (tertiary/aromatic N) is 4. The van der Waals surface area contributed by atoms with Crippen molar-refractivity contribution < 1.29 is 0 Å². The van der Waals surface area contributed by atoms with Gasteiger partial charge in [-0.1, -0.05) is 23.5 Å². The standard InChI is InChI=1S/C15H13N5S2/c1-9-8-21-15-17-10(2)12(20(9)15)7-16-19-14-18-11-5-3-4-6-13(11)22-14/h3-8H,1-2H3,(H,18,19)/b16-7+. The smallest absolute Gasteiger partial charge is 0.204 e. The zero-order chi connectivity index (χ0) is 15.1. The van der Waals surface area contributed by atoms with Crippen LogP contribution in [0, 0.1) is 13.8 Å². The fraction of sp³-hybridized carbons (Fsp3) is 0.133. The van der Waals surface area contributed by atoms with Gasteiger partial charge in [-0.15, -0.1) is 11.3 Å². The number of rotatable bonds is 3. The summed E-state index contributed by atoms with van der Waals surface area (Å²) in [5, 5.41) is 7.21. The molecule has 3 aromatic heterocycles. The van der Waals surface area contributed by atoms with Gasteiger partial charge in [-0.25, -0.2) is 9.97 Å². The zero-order valence-electron chi connectivity index (χ0n) is 12.1. The molecule has 0 atom stereocenters. The van der Waals surface area contributed by atoms with Gasteiger partial charge in [0.25, 0.3) is 0 Å². The second kappa shape index (κ2) is 5.19. The van der Waals surface area contributed by atoms with E-state index in [-0.39, 0.29) is 0 Å². The summed E-state index contributed by atoms with van der Waals surface area (Å²) in [7, 11) is 0. The summed E-state index contributed by atoms with van der Waals surface area (Å²) in [4.78, 5) is 10.0. The van der Waals surface area contributed by atoms with Crippen molar-refractivity contribution in [3.63, 3.8) is 0 Å². The summed E-state index contributed by atoms with van der Waals surface area (Å²) >= 11 is 3.23. The van der Waals surface area contributed by atoms with Crippen LogP contribution in [-0.4, -0.2) is 20.6 Å². The first-order valence-electron chi connectivity index (χ1n) is 6.80. The van der Waals surface area contributed by atoms with Crippen LogP contribution in [-0.2, 0) is 0 Å². The van der Waals surface area contributed by atoms with E-state index in [1.165, 1.54) is 5.69 Å². The Hall–Kier alpha value is -2.25. The van der Waals surface area contributed by atoms with Gasteiger partial charge in [0, 0.05) is 11.1 Å². The van der Waals surface area contributed by atoms with Crippen molar-refractivity contribution in [2.24, 2.45) is 5.10 Å². The number of hydrogen-bond acceptors (Lipinski definition) is 6. The molecular formula is C15H13N5S2.